The summed E-state index contributed by atoms with van der Waals surface area (Å²) in [6.45, 7) is 4.06. The predicted octanol–water partition coefficient (Wildman–Crippen LogP) is 7.26. The molecule has 0 aliphatic heterocycles. The smallest absolute Gasteiger partial charge is 0.256 e. The zero-order valence-corrected chi connectivity index (χ0v) is 23.1. The molecule has 0 bridgehead atoms. The Labute approximate surface area is 242 Å². The van der Waals surface area contributed by atoms with Crippen LogP contribution in [0.2, 0.25) is 0 Å². The van der Waals surface area contributed by atoms with Crippen molar-refractivity contribution in [2.45, 2.75) is 13.8 Å². The molecule has 6 aromatic rings. The van der Waals surface area contributed by atoms with Gasteiger partial charge in [0.15, 0.2) is 0 Å². The van der Waals surface area contributed by atoms with Crippen LogP contribution >= 0.6 is 0 Å². The van der Waals surface area contributed by atoms with Crippen LogP contribution in [-0.2, 0) is 0 Å². The summed E-state index contributed by atoms with van der Waals surface area (Å²) in [6, 6.07) is 34.3. The lowest BCUT2D eigenvalue weighted by Crippen LogP contribution is -2.12. The number of nitrogens with zero attached hydrogens (tertiary/aromatic N) is 2. The van der Waals surface area contributed by atoms with Gasteiger partial charge in [-0.25, -0.2) is 0 Å². The number of carbonyl (C=O) groups excluding carboxylic acids is 2. The van der Waals surface area contributed by atoms with Crippen molar-refractivity contribution in [1.82, 2.24) is 20.4 Å². The van der Waals surface area contributed by atoms with E-state index in [-0.39, 0.29) is 11.8 Å². The Morgan fingerprint density at radius 3 is 1.19 bits per heavy atom. The molecule has 0 aliphatic rings. The number of anilines is 2. The monoisotopic (exact) mass is 552 g/mol. The topological polar surface area (TPSA) is 116 Å². The lowest BCUT2D eigenvalue weighted by Gasteiger charge is -2.07. The number of aryl methyl sites for hydroxylation is 2. The largest absolute Gasteiger partial charge is 0.307 e. The Bertz CT molecular complexity index is 1710. The number of amides is 2. The van der Waals surface area contributed by atoms with Crippen LogP contribution in [0.25, 0.3) is 33.6 Å². The Morgan fingerprint density at radius 1 is 0.500 bits per heavy atom. The van der Waals surface area contributed by atoms with Crippen molar-refractivity contribution in [3.63, 3.8) is 0 Å². The molecule has 0 spiro atoms. The molecular formula is C34H28N6O2. The van der Waals surface area contributed by atoms with E-state index in [2.05, 4.69) is 31.0 Å². The van der Waals surface area contributed by atoms with Crippen LogP contribution in [0.4, 0.5) is 11.6 Å². The zero-order chi connectivity index (χ0) is 29.1. The third-order valence-electron chi connectivity index (χ3n) is 6.97. The number of rotatable bonds is 7. The van der Waals surface area contributed by atoms with Gasteiger partial charge in [-0.15, -0.1) is 0 Å². The molecule has 0 atom stereocenters. The molecule has 4 aromatic carbocycles. The average molecular weight is 553 g/mol. The molecule has 2 amide bonds. The van der Waals surface area contributed by atoms with E-state index in [1.807, 2.05) is 98.8 Å². The Balaban J connectivity index is 1.07. The van der Waals surface area contributed by atoms with E-state index < -0.39 is 0 Å². The molecule has 0 radical (unpaired) electrons. The summed E-state index contributed by atoms with van der Waals surface area (Å²) >= 11 is 0. The van der Waals surface area contributed by atoms with Crippen LogP contribution in [-0.4, -0.2) is 32.2 Å². The lowest BCUT2D eigenvalue weighted by atomic mass is 10.0. The fourth-order valence-corrected chi connectivity index (χ4v) is 4.53. The van der Waals surface area contributed by atoms with Gasteiger partial charge in [0.2, 0.25) is 0 Å². The number of H-pyrrole nitrogens is 2. The van der Waals surface area contributed by atoms with Crippen LogP contribution in [0.5, 0.6) is 0 Å². The number of benzene rings is 4. The van der Waals surface area contributed by atoms with Gasteiger partial charge in [0.1, 0.15) is 11.6 Å². The van der Waals surface area contributed by atoms with Crippen LogP contribution in [0.15, 0.2) is 109 Å². The van der Waals surface area contributed by atoms with E-state index in [9.17, 15) is 9.59 Å². The molecule has 0 fully saturated rings. The average Bonchev–Trinajstić information content (AvgIpc) is 3.68. The van der Waals surface area contributed by atoms with E-state index in [1.54, 1.807) is 24.3 Å². The second-order valence-electron chi connectivity index (χ2n) is 10.1. The molecule has 2 heterocycles. The number of hydrogen-bond acceptors (Lipinski definition) is 4. The van der Waals surface area contributed by atoms with Gasteiger partial charge in [-0.2, -0.15) is 10.2 Å². The Kier molecular flexibility index (Phi) is 7.17. The van der Waals surface area contributed by atoms with Crippen molar-refractivity contribution in [2.75, 3.05) is 10.6 Å². The fraction of sp³-hybridized carbons (Fsp3) is 0.0588. The molecule has 0 saturated heterocycles. The van der Waals surface area contributed by atoms with Crippen LogP contribution < -0.4 is 10.6 Å². The van der Waals surface area contributed by atoms with Gasteiger partial charge in [-0.05, 0) is 49.2 Å². The van der Waals surface area contributed by atoms with Gasteiger partial charge in [0.05, 0.1) is 11.4 Å². The minimum Gasteiger partial charge on any atom is -0.307 e. The standard InChI is InChI=1S/C34H28N6O2/c1-21-3-7-25(8-4-21)29-19-31(39-37-29)35-33(41)27-15-11-23(12-16-27)24-13-17-28(18-14-24)34(42)36-32-20-30(38-40-32)26-9-5-22(2)6-10-26/h3-20H,1-2H3,(H2,35,37,39,41)(H2,36,38,40,42). The van der Waals surface area contributed by atoms with E-state index in [4.69, 9.17) is 0 Å². The van der Waals surface area contributed by atoms with Crippen LogP contribution in [0.3, 0.4) is 0 Å². The van der Waals surface area contributed by atoms with E-state index in [0.29, 0.717) is 22.8 Å². The van der Waals surface area contributed by atoms with Gasteiger partial charge >= 0.3 is 0 Å². The van der Waals surface area contributed by atoms with Crippen molar-refractivity contribution >= 4 is 23.5 Å². The highest BCUT2D eigenvalue weighted by Gasteiger charge is 2.12. The summed E-state index contributed by atoms with van der Waals surface area (Å²) in [6.07, 6.45) is 0. The molecule has 0 saturated carbocycles. The molecule has 8 heteroatoms. The number of hydrogen-bond donors (Lipinski definition) is 4. The van der Waals surface area contributed by atoms with Crippen molar-refractivity contribution in [3.05, 3.63) is 131 Å². The summed E-state index contributed by atoms with van der Waals surface area (Å²) in [4.78, 5) is 25.6. The molecule has 4 N–H and O–H groups in total. The van der Waals surface area contributed by atoms with Crippen molar-refractivity contribution in [3.8, 4) is 33.6 Å². The van der Waals surface area contributed by atoms with Crippen molar-refractivity contribution < 1.29 is 9.59 Å². The minimum absolute atomic E-state index is 0.239. The quantitative estimate of drug-likeness (QED) is 0.167. The van der Waals surface area contributed by atoms with Crippen LogP contribution in [0, 0.1) is 13.8 Å². The Morgan fingerprint density at radius 2 is 0.833 bits per heavy atom. The van der Waals surface area contributed by atoms with Crippen molar-refractivity contribution in [1.29, 1.82) is 0 Å². The third-order valence-corrected chi connectivity index (χ3v) is 6.97. The van der Waals surface area contributed by atoms with Crippen LogP contribution in [0.1, 0.15) is 31.8 Å². The number of nitrogens with one attached hydrogen (secondary N) is 4. The number of aromatic amines is 2. The molecule has 6 rings (SSSR count). The molecule has 2 aromatic heterocycles. The van der Waals surface area contributed by atoms with Gasteiger partial charge in [0.25, 0.3) is 11.8 Å². The number of aromatic nitrogens is 4. The van der Waals surface area contributed by atoms with E-state index in [0.717, 1.165) is 33.6 Å². The minimum atomic E-state index is -0.239. The fourth-order valence-electron chi connectivity index (χ4n) is 4.53. The highest BCUT2D eigenvalue weighted by molar-refractivity contribution is 6.05. The van der Waals surface area contributed by atoms with E-state index >= 15 is 0 Å². The maximum atomic E-state index is 12.8. The summed E-state index contributed by atoms with van der Waals surface area (Å²) < 4.78 is 0. The second kappa shape index (κ2) is 11.4. The summed E-state index contributed by atoms with van der Waals surface area (Å²) in [5, 5.41) is 20.1. The first-order valence-corrected chi connectivity index (χ1v) is 13.5. The lowest BCUT2D eigenvalue weighted by molar-refractivity contribution is 0.101. The van der Waals surface area contributed by atoms with Crippen molar-refractivity contribution in [2.24, 2.45) is 0 Å². The van der Waals surface area contributed by atoms with E-state index in [1.165, 1.54) is 11.1 Å². The van der Waals surface area contributed by atoms with Gasteiger partial charge in [0, 0.05) is 34.4 Å². The Hall–Kier alpha value is -5.76. The molecule has 8 nitrogen and oxygen atoms in total. The first-order chi connectivity index (χ1) is 20.4. The van der Waals surface area contributed by atoms with Gasteiger partial charge < -0.3 is 10.6 Å². The second-order valence-corrected chi connectivity index (χ2v) is 10.1. The highest BCUT2D eigenvalue weighted by atomic mass is 16.2. The van der Waals surface area contributed by atoms with Gasteiger partial charge in [-0.1, -0.05) is 83.9 Å². The van der Waals surface area contributed by atoms with Gasteiger partial charge in [-0.3, -0.25) is 19.8 Å². The molecule has 206 valence electrons. The SMILES string of the molecule is Cc1ccc(-c2cc(NC(=O)c3ccc(-c4ccc(C(=O)Nc5cc(-c6ccc(C)cc6)n[nH]5)cc4)cc3)[nH]n2)cc1. The first kappa shape index (κ1) is 26.5. The summed E-state index contributed by atoms with van der Waals surface area (Å²) in [7, 11) is 0. The zero-order valence-electron chi connectivity index (χ0n) is 23.1. The highest BCUT2D eigenvalue weighted by Crippen LogP contribution is 2.24. The number of carbonyl (C=O) groups is 2. The first-order valence-electron chi connectivity index (χ1n) is 13.5. The molecule has 0 unspecified atom stereocenters. The summed E-state index contributed by atoms with van der Waals surface area (Å²) in [5.74, 6) is 0.569. The molecule has 0 aliphatic carbocycles. The summed E-state index contributed by atoms with van der Waals surface area (Å²) in [5.41, 5.74) is 8.70. The normalized spacial score (nSPS) is 10.8. The maximum Gasteiger partial charge on any atom is 0.256 e. The predicted molar refractivity (Wildman–Crippen MR) is 165 cm³/mol. The third kappa shape index (κ3) is 5.88. The molecule has 42 heavy (non-hydrogen) atoms. The maximum absolute atomic E-state index is 12.8. The molecular weight excluding hydrogens is 524 g/mol.